The molecule has 31 heavy (non-hydrogen) atoms. The lowest BCUT2D eigenvalue weighted by molar-refractivity contribution is -0.119. The number of aryl methyl sites for hydroxylation is 1. The zero-order valence-electron chi connectivity index (χ0n) is 17.1. The summed E-state index contributed by atoms with van der Waals surface area (Å²) >= 11 is 1.29. The molecule has 0 unspecified atom stereocenters. The summed E-state index contributed by atoms with van der Waals surface area (Å²) in [6, 6.07) is 12.1. The average molecular weight is 440 g/mol. The van der Waals surface area contributed by atoms with Gasteiger partial charge in [0.05, 0.1) is 19.8 Å². The second-order valence-electron chi connectivity index (χ2n) is 6.41. The van der Waals surface area contributed by atoms with Crippen molar-refractivity contribution in [1.29, 1.82) is 0 Å². The number of thiazole rings is 1. The molecule has 1 N–H and O–H groups in total. The Morgan fingerprint density at radius 3 is 2.45 bits per heavy atom. The number of rotatable bonds is 7. The number of methoxy groups -OCH3 is 2. The van der Waals surface area contributed by atoms with E-state index in [1.807, 2.05) is 12.1 Å². The van der Waals surface area contributed by atoms with Gasteiger partial charge in [-0.15, -0.1) is 11.3 Å². The van der Waals surface area contributed by atoms with Gasteiger partial charge >= 0.3 is 11.9 Å². The summed E-state index contributed by atoms with van der Waals surface area (Å²) in [5.74, 6) is -1.04. The maximum Gasteiger partial charge on any atom is 0.358 e. The SMILES string of the molecule is COC(=O)c1ccc(C)c(NC(=O)COC(=O)c2csc(-c3ccc(OC)cc3)n2)c1. The normalized spacial score (nSPS) is 10.3. The molecule has 1 amide bonds. The largest absolute Gasteiger partial charge is 0.497 e. The summed E-state index contributed by atoms with van der Waals surface area (Å²) < 4.78 is 14.9. The molecule has 3 aromatic rings. The Morgan fingerprint density at radius 2 is 1.77 bits per heavy atom. The van der Waals surface area contributed by atoms with Crippen LogP contribution in [-0.4, -0.2) is 43.7 Å². The van der Waals surface area contributed by atoms with E-state index in [1.54, 1.807) is 43.7 Å². The van der Waals surface area contributed by atoms with Crippen LogP contribution in [0.15, 0.2) is 47.8 Å². The smallest absolute Gasteiger partial charge is 0.358 e. The number of nitrogens with zero attached hydrogens (tertiary/aromatic N) is 1. The first-order chi connectivity index (χ1) is 14.9. The summed E-state index contributed by atoms with van der Waals surface area (Å²) in [6.07, 6.45) is 0. The molecule has 0 atom stereocenters. The minimum Gasteiger partial charge on any atom is -0.497 e. The quantitative estimate of drug-likeness (QED) is 0.559. The average Bonchev–Trinajstić information content (AvgIpc) is 3.29. The van der Waals surface area contributed by atoms with Crippen LogP contribution in [-0.2, 0) is 14.3 Å². The minimum absolute atomic E-state index is 0.118. The van der Waals surface area contributed by atoms with E-state index in [1.165, 1.54) is 24.5 Å². The van der Waals surface area contributed by atoms with E-state index in [-0.39, 0.29) is 5.69 Å². The molecule has 1 aromatic heterocycles. The zero-order chi connectivity index (χ0) is 22.4. The maximum atomic E-state index is 12.3. The van der Waals surface area contributed by atoms with E-state index in [4.69, 9.17) is 9.47 Å². The molecule has 0 aliphatic heterocycles. The van der Waals surface area contributed by atoms with E-state index in [0.29, 0.717) is 16.3 Å². The summed E-state index contributed by atoms with van der Waals surface area (Å²) in [7, 11) is 2.86. The number of nitrogens with one attached hydrogen (secondary N) is 1. The van der Waals surface area contributed by atoms with Gasteiger partial charge in [-0.05, 0) is 48.9 Å². The molecule has 0 saturated carbocycles. The highest BCUT2D eigenvalue weighted by Crippen LogP contribution is 2.26. The fourth-order valence-corrected chi connectivity index (χ4v) is 3.42. The van der Waals surface area contributed by atoms with Crippen molar-refractivity contribution in [2.24, 2.45) is 0 Å². The van der Waals surface area contributed by atoms with Crippen LogP contribution in [0, 0.1) is 6.92 Å². The van der Waals surface area contributed by atoms with Crippen LogP contribution in [0.3, 0.4) is 0 Å². The zero-order valence-corrected chi connectivity index (χ0v) is 17.9. The maximum absolute atomic E-state index is 12.3. The van der Waals surface area contributed by atoms with Gasteiger partial charge in [-0.2, -0.15) is 0 Å². The summed E-state index contributed by atoms with van der Waals surface area (Å²) in [5.41, 5.74) is 2.43. The van der Waals surface area contributed by atoms with Crippen LogP contribution in [0.5, 0.6) is 5.75 Å². The molecule has 0 bridgehead atoms. The van der Waals surface area contributed by atoms with Gasteiger partial charge in [-0.25, -0.2) is 14.6 Å². The van der Waals surface area contributed by atoms with Gasteiger partial charge < -0.3 is 19.5 Å². The van der Waals surface area contributed by atoms with Crippen molar-refractivity contribution in [3.8, 4) is 16.3 Å². The Bertz CT molecular complexity index is 1110. The Morgan fingerprint density at radius 1 is 1.03 bits per heavy atom. The molecule has 0 spiro atoms. The molecule has 9 heteroatoms. The molecular formula is C22H20N2O6S. The highest BCUT2D eigenvalue weighted by Gasteiger charge is 2.16. The first-order valence-electron chi connectivity index (χ1n) is 9.17. The first kappa shape index (κ1) is 22.0. The van der Waals surface area contributed by atoms with E-state index >= 15 is 0 Å². The van der Waals surface area contributed by atoms with E-state index in [0.717, 1.165) is 16.9 Å². The molecule has 0 fully saturated rings. The first-order valence-corrected chi connectivity index (χ1v) is 10.0. The molecular weight excluding hydrogens is 420 g/mol. The van der Waals surface area contributed by atoms with Crippen LogP contribution in [0.4, 0.5) is 5.69 Å². The van der Waals surface area contributed by atoms with Crippen molar-refractivity contribution in [2.75, 3.05) is 26.1 Å². The fraction of sp³-hybridized carbons (Fsp3) is 0.182. The lowest BCUT2D eigenvalue weighted by Crippen LogP contribution is -2.21. The van der Waals surface area contributed by atoms with Crippen LogP contribution < -0.4 is 10.1 Å². The molecule has 8 nitrogen and oxygen atoms in total. The summed E-state index contributed by atoms with van der Waals surface area (Å²) in [5, 5.41) is 4.85. The molecule has 0 radical (unpaired) electrons. The fourth-order valence-electron chi connectivity index (χ4n) is 2.63. The van der Waals surface area contributed by atoms with Crippen molar-refractivity contribution in [1.82, 2.24) is 4.98 Å². The molecule has 0 aliphatic rings. The third-order valence-electron chi connectivity index (χ3n) is 4.32. The monoisotopic (exact) mass is 440 g/mol. The second kappa shape index (κ2) is 9.86. The standard InChI is InChI=1S/C22H20N2O6S/c1-13-4-5-15(21(26)29-3)10-17(13)23-19(25)11-30-22(27)18-12-31-20(24-18)14-6-8-16(28-2)9-7-14/h4-10,12H,11H2,1-3H3,(H,23,25). The highest BCUT2D eigenvalue weighted by molar-refractivity contribution is 7.13. The Hall–Kier alpha value is -3.72. The third kappa shape index (κ3) is 5.46. The van der Waals surface area contributed by atoms with Gasteiger partial charge in [-0.1, -0.05) is 6.07 Å². The molecule has 0 aliphatic carbocycles. The van der Waals surface area contributed by atoms with E-state index < -0.39 is 24.5 Å². The van der Waals surface area contributed by atoms with Gasteiger partial charge in [0.15, 0.2) is 12.3 Å². The molecule has 0 saturated heterocycles. The van der Waals surface area contributed by atoms with Gasteiger partial charge in [0.1, 0.15) is 10.8 Å². The number of ether oxygens (including phenoxy) is 3. The van der Waals surface area contributed by atoms with Gasteiger partial charge in [-0.3, -0.25) is 4.79 Å². The van der Waals surface area contributed by atoms with Crippen LogP contribution in [0.25, 0.3) is 10.6 Å². The van der Waals surface area contributed by atoms with Gasteiger partial charge in [0.25, 0.3) is 5.91 Å². The number of hydrogen-bond acceptors (Lipinski definition) is 8. The van der Waals surface area contributed by atoms with Crippen LogP contribution in [0.1, 0.15) is 26.4 Å². The number of anilines is 1. The summed E-state index contributed by atoms with van der Waals surface area (Å²) in [4.78, 5) is 40.4. The predicted octanol–water partition coefficient (Wildman–Crippen LogP) is 3.71. The van der Waals surface area contributed by atoms with Crippen LogP contribution in [0.2, 0.25) is 0 Å². The van der Waals surface area contributed by atoms with Crippen molar-refractivity contribution in [3.63, 3.8) is 0 Å². The lowest BCUT2D eigenvalue weighted by atomic mass is 10.1. The Labute approximate surface area is 182 Å². The number of carbonyl (C=O) groups excluding carboxylic acids is 3. The van der Waals surface area contributed by atoms with Crippen molar-refractivity contribution in [2.45, 2.75) is 6.92 Å². The topological polar surface area (TPSA) is 104 Å². The highest BCUT2D eigenvalue weighted by atomic mass is 32.1. The minimum atomic E-state index is -0.703. The predicted molar refractivity (Wildman–Crippen MR) is 116 cm³/mol. The van der Waals surface area contributed by atoms with Crippen molar-refractivity contribution >= 4 is 34.9 Å². The van der Waals surface area contributed by atoms with Crippen molar-refractivity contribution < 1.29 is 28.6 Å². The Balaban J connectivity index is 1.59. The second-order valence-corrected chi connectivity index (χ2v) is 7.27. The number of benzene rings is 2. The molecule has 3 rings (SSSR count). The van der Waals surface area contributed by atoms with E-state index in [2.05, 4.69) is 15.0 Å². The number of hydrogen-bond donors (Lipinski definition) is 1. The number of aromatic nitrogens is 1. The van der Waals surface area contributed by atoms with Gasteiger partial charge in [0, 0.05) is 16.6 Å². The number of amides is 1. The lowest BCUT2D eigenvalue weighted by Gasteiger charge is -2.10. The van der Waals surface area contributed by atoms with Crippen LogP contribution >= 0.6 is 11.3 Å². The molecule has 2 aromatic carbocycles. The van der Waals surface area contributed by atoms with Crippen molar-refractivity contribution in [3.05, 3.63) is 64.7 Å². The Kier molecular flexibility index (Phi) is 6.99. The molecule has 1 heterocycles. The molecule has 160 valence electrons. The third-order valence-corrected chi connectivity index (χ3v) is 5.21. The van der Waals surface area contributed by atoms with Gasteiger partial charge in [0.2, 0.25) is 0 Å². The van der Waals surface area contributed by atoms with E-state index in [9.17, 15) is 14.4 Å². The summed E-state index contributed by atoms with van der Waals surface area (Å²) in [6.45, 7) is 1.29. The number of carbonyl (C=O) groups is 3. The number of esters is 2.